The Bertz CT molecular complexity index is 1020. The van der Waals surface area contributed by atoms with Crippen molar-refractivity contribution in [3.8, 4) is 0 Å². The van der Waals surface area contributed by atoms with Crippen molar-refractivity contribution in [2.24, 2.45) is 0 Å². The molecule has 1 saturated heterocycles. The predicted octanol–water partition coefficient (Wildman–Crippen LogP) is 2.17. The Morgan fingerprint density at radius 3 is 2.37 bits per heavy atom. The number of amides is 2. The molecule has 0 unspecified atom stereocenters. The molecular weight excluding hydrogens is 521 g/mol. The number of anilines is 2. The van der Waals surface area contributed by atoms with Crippen molar-refractivity contribution < 1.29 is 22.7 Å². The first-order valence-electron chi connectivity index (χ1n) is 9.25. The van der Waals surface area contributed by atoms with Crippen LogP contribution in [0.2, 0.25) is 0 Å². The normalized spacial score (nSPS) is 14.3. The number of benzene rings is 2. The number of nitrogens with zero attached hydrogens (tertiary/aromatic N) is 2. The Balaban J connectivity index is 1.78. The Morgan fingerprint density at radius 1 is 1.10 bits per heavy atom. The minimum Gasteiger partial charge on any atom is -0.378 e. The van der Waals surface area contributed by atoms with Gasteiger partial charge in [-0.25, -0.2) is 8.42 Å². The fourth-order valence-corrected chi connectivity index (χ4v) is 4.26. The van der Waals surface area contributed by atoms with Crippen molar-refractivity contribution in [3.05, 3.63) is 57.7 Å². The maximum absolute atomic E-state index is 12.8. The summed E-state index contributed by atoms with van der Waals surface area (Å²) in [6.45, 7) is 1.50. The number of carbonyl (C=O) groups excluding carboxylic acids is 2. The first kappa shape index (κ1) is 22.5. The maximum Gasteiger partial charge on any atom is 0.256 e. The van der Waals surface area contributed by atoms with E-state index in [2.05, 4.69) is 27.9 Å². The van der Waals surface area contributed by atoms with Crippen LogP contribution in [0.25, 0.3) is 0 Å². The van der Waals surface area contributed by atoms with Crippen LogP contribution < -0.4 is 9.62 Å². The van der Waals surface area contributed by atoms with E-state index in [0.29, 0.717) is 43.2 Å². The van der Waals surface area contributed by atoms with Crippen LogP contribution in [0.5, 0.6) is 0 Å². The fourth-order valence-electron chi connectivity index (χ4n) is 3.04. The van der Waals surface area contributed by atoms with Gasteiger partial charge in [0.2, 0.25) is 15.9 Å². The molecule has 1 aliphatic rings. The fraction of sp³-hybridized carbons (Fsp3) is 0.300. The molecule has 0 aliphatic carbocycles. The highest BCUT2D eigenvalue weighted by Gasteiger charge is 2.24. The number of nitrogens with one attached hydrogen (secondary N) is 1. The van der Waals surface area contributed by atoms with Crippen LogP contribution in [0.3, 0.4) is 0 Å². The Kier molecular flexibility index (Phi) is 7.32. The van der Waals surface area contributed by atoms with E-state index in [4.69, 9.17) is 4.74 Å². The van der Waals surface area contributed by atoms with Gasteiger partial charge < -0.3 is 15.0 Å². The average Bonchev–Trinajstić information content (AvgIpc) is 2.72. The van der Waals surface area contributed by atoms with Crippen molar-refractivity contribution in [2.75, 3.05) is 48.7 Å². The van der Waals surface area contributed by atoms with Crippen LogP contribution in [-0.4, -0.2) is 64.2 Å². The quantitative estimate of drug-likeness (QED) is 0.564. The molecule has 160 valence electrons. The number of sulfonamides is 1. The highest BCUT2D eigenvalue weighted by molar-refractivity contribution is 14.1. The summed E-state index contributed by atoms with van der Waals surface area (Å²) in [7, 11) is -3.68. The lowest BCUT2D eigenvalue weighted by Crippen LogP contribution is -2.41. The lowest BCUT2D eigenvalue weighted by molar-refractivity contribution is -0.114. The molecule has 0 saturated carbocycles. The second kappa shape index (κ2) is 9.75. The molecule has 0 aromatic heterocycles. The van der Waals surface area contributed by atoms with Crippen LogP contribution in [0, 0.1) is 3.57 Å². The van der Waals surface area contributed by atoms with E-state index in [0.717, 1.165) is 14.1 Å². The summed E-state index contributed by atoms with van der Waals surface area (Å²) < 4.78 is 31.8. The van der Waals surface area contributed by atoms with E-state index in [1.165, 1.54) is 0 Å². The molecule has 8 nitrogen and oxygen atoms in total. The highest BCUT2D eigenvalue weighted by atomic mass is 127. The van der Waals surface area contributed by atoms with Crippen LogP contribution in [0.4, 0.5) is 11.4 Å². The number of rotatable bonds is 6. The summed E-state index contributed by atoms with van der Waals surface area (Å²) >= 11 is 2.12. The van der Waals surface area contributed by atoms with E-state index < -0.39 is 22.5 Å². The minimum absolute atomic E-state index is 0.202. The number of hydrogen-bond donors (Lipinski definition) is 1. The first-order chi connectivity index (χ1) is 14.3. The predicted molar refractivity (Wildman–Crippen MR) is 123 cm³/mol. The maximum atomic E-state index is 12.8. The molecule has 2 aromatic carbocycles. The smallest absolute Gasteiger partial charge is 0.256 e. The molecule has 2 amide bonds. The van der Waals surface area contributed by atoms with Gasteiger partial charge in [0.1, 0.15) is 6.54 Å². The van der Waals surface area contributed by atoms with Gasteiger partial charge in [0, 0.05) is 16.7 Å². The molecule has 3 rings (SSSR count). The molecule has 1 N–H and O–H groups in total. The first-order valence-corrected chi connectivity index (χ1v) is 12.2. The summed E-state index contributed by atoms with van der Waals surface area (Å²) in [5.41, 5.74) is 1.09. The van der Waals surface area contributed by atoms with Crippen molar-refractivity contribution in [1.29, 1.82) is 0 Å². The SMILES string of the molecule is CS(=O)(=O)N(CC(=O)Nc1ccccc1C(=O)N1CCOCC1)c1ccc(I)cc1. The largest absolute Gasteiger partial charge is 0.378 e. The molecule has 1 aliphatic heterocycles. The number of ether oxygens (including phenoxy) is 1. The monoisotopic (exact) mass is 543 g/mol. The third-order valence-electron chi connectivity index (χ3n) is 4.53. The zero-order valence-corrected chi connectivity index (χ0v) is 19.4. The van der Waals surface area contributed by atoms with Crippen LogP contribution >= 0.6 is 22.6 Å². The van der Waals surface area contributed by atoms with Crippen LogP contribution in [-0.2, 0) is 19.6 Å². The number of morpholine rings is 1. The summed E-state index contributed by atoms with van der Waals surface area (Å²) in [5, 5.41) is 2.69. The van der Waals surface area contributed by atoms with Gasteiger partial charge in [0.05, 0.1) is 36.4 Å². The number of halogens is 1. The lowest BCUT2D eigenvalue weighted by atomic mass is 10.1. The molecule has 1 heterocycles. The van der Waals surface area contributed by atoms with E-state index in [-0.39, 0.29) is 5.91 Å². The minimum atomic E-state index is -3.68. The van der Waals surface area contributed by atoms with Gasteiger partial charge in [-0.2, -0.15) is 0 Å². The topological polar surface area (TPSA) is 96.0 Å². The van der Waals surface area contributed by atoms with Crippen LogP contribution in [0.15, 0.2) is 48.5 Å². The van der Waals surface area contributed by atoms with Gasteiger partial charge in [0.15, 0.2) is 0 Å². The Labute approximate surface area is 189 Å². The molecule has 0 atom stereocenters. The van der Waals surface area contributed by atoms with Gasteiger partial charge in [-0.3, -0.25) is 13.9 Å². The number of hydrogen-bond acceptors (Lipinski definition) is 5. The Hall–Kier alpha value is -2.18. The van der Waals surface area contributed by atoms with Crippen molar-refractivity contribution >= 4 is 55.8 Å². The van der Waals surface area contributed by atoms with E-state index >= 15 is 0 Å². The van der Waals surface area contributed by atoms with Gasteiger partial charge in [0.25, 0.3) is 5.91 Å². The van der Waals surface area contributed by atoms with E-state index in [9.17, 15) is 18.0 Å². The van der Waals surface area contributed by atoms with Crippen LogP contribution in [0.1, 0.15) is 10.4 Å². The van der Waals surface area contributed by atoms with Crippen molar-refractivity contribution in [2.45, 2.75) is 0 Å². The summed E-state index contributed by atoms with van der Waals surface area (Å²) in [4.78, 5) is 27.2. The van der Waals surface area contributed by atoms with Crippen molar-refractivity contribution in [3.63, 3.8) is 0 Å². The second-order valence-corrected chi connectivity index (χ2v) is 9.90. The number of para-hydroxylation sites is 1. The molecule has 2 aromatic rings. The molecular formula is C20H22IN3O5S. The van der Waals surface area contributed by atoms with Crippen molar-refractivity contribution in [1.82, 2.24) is 4.90 Å². The molecule has 0 radical (unpaired) electrons. The third kappa shape index (κ3) is 5.70. The summed E-state index contributed by atoms with van der Waals surface area (Å²) in [6, 6.07) is 13.5. The third-order valence-corrected chi connectivity index (χ3v) is 6.39. The molecule has 0 spiro atoms. The summed E-state index contributed by atoms with van der Waals surface area (Å²) in [6.07, 6.45) is 1.05. The average molecular weight is 543 g/mol. The van der Waals surface area contributed by atoms with Gasteiger partial charge in [-0.1, -0.05) is 12.1 Å². The molecule has 0 bridgehead atoms. The van der Waals surface area contributed by atoms with E-state index in [1.54, 1.807) is 53.4 Å². The van der Waals surface area contributed by atoms with E-state index in [1.807, 2.05) is 0 Å². The van der Waals surface area contributed by atoms with Gasteiger partial charge >= 0.3 is 0 Å². The second-order valence-electron chi connectivity index (χ2n) is 6.74. The summed E-state index contributed by atoms with van der Waals surface area (Å²) in [5.74, 6) is -0.743. The highest BCUT2D eigenvalue weighted by Crippen LogP contribution is 2.21. The zero-order chi connectivity index (χ0) is 21.7. The van der Waals surface area contributed by atoms with Gasteiger partial charge in [-0.05, 0) is 59.0 Å². The number of carbonyl (C=O) groups is 2. The molecule has 10 heteroatoms. The zero-order valence-electron chi connectivity index (χ0n) is 16.4. The van der Waals surface area contributed by atoms with Gasteiger partial charge in [-0.15, -0.1) is 0 Å². The molecule has 1 fully saturated rings. The Morgan fingerprint density at radius 2 is 1.73 bits per heavy atom. The standard InChI is InChI=1S/C20H22IN3O5S/c1-30(27,28)24(16-8-6-15(21)7-9-16)14-19(25)22-18-5-3-2-4-17(18)20(26)23-10-12-29-13-11-23/h2-9H,10-14H2,1H3,(H,22,25). The molecule has 30 heavy (non-hydrogen) atoms. The lowest BCUT2D eigenvalue weighted by Gasteiger charge is -2.27.